The molecule has 1 atom stereocenters. The number of anilines is 1. The molecule has 1 aromatic rings. The Morgan fingerprint density at radius 1 is 1.53 bits per heavy atom. The molecule has 0 bridgehead atoms. The van der Waals surface area contributed by atoms with Gasteiger partial charge in [-0.25, -0.2) is 4.68 Å². The summed E-state index contributed by atoms with van der Waals surface area (Å²) < 4.78 is 1.68. The fourth-order valence-electron chi connectivity index (χ4n) is 1.89. The zero-order valence-electron chi connectivity index (χ0n) is 10.6. The molecule has 0 saturated carbocycles. The SMILES string of the molecule is CCCCC(CC)Cn1ncc(C(N)=O)c1N. The topological polar surface area (TPSA) is 86.9 Å². The second-order valence-electron chi connectivity index (χ2n) is 4.41. The van der Waals surface area contributed by atoms with Crippen LogP contribution in [0, 0.1) is 5.92 Å². The third-order valence-electron chi connectivity index (χ3n) is 3.12. The molecule has 1 unspecified atom stereocenters. The van der Waals surface area contributed by atoms with Crippen molar-refractivity contribution < 1.29 is 4.79 Å². The lowest BCUT2D eigenvalue weighted by Crippen LogP contribution is -2.16. The summed E-state index contributed by atoms with van der Waals surface area (Å²) in [5.74, 6) is 0.417. The summed E-state index contributed by atoms with van der Waals surface area (Å²) in [6.07, 6.45) is 6.10. The largest absolute Gasteiger partial charge is 0.383 e. The van der Waals surface area contributed by atoms with Crippen molar-refractivity contribution in [3.8, 4) is 0 Å². The van der Waals surface area contributed by atoms with E-state index < -0.39 is 5.91 Å². The third-order valence-corrected chi connectivity index (χ3v) is 3.12. The van der Waals surface area contributed by atoms with E-state index in [4.69, 9.17) is 11.5 Å². The Bertz CT molecular complexity index is 373. The van der Waals surface area contributed by atoms with Crippen LogP contribution in [0.2, 0.25) is 0 Å². The van der Waals surface area contributed by atoms with Crippen molar-refractivity contribution in [3.05, 3.63) is 11.8 Å². The molecule has 0 fully saturated rings. The number of nitrogens with zero attached hydrogens (tertiary/aromatic N) is 2. The molecule has 17 heavy (non-hydrogen) atoms. The monoisotopic (exact) mass is 238 g/mol. The van der Waals surface area contributed by atoms with Crippen LogP contribution in [0.5, 0.6) is 0 Å². The number of primary amides is 1. The highest BCUT2D eigenvalue weighted by Crippen LogP contribution is 2.18. The van der Waals surface area contributed by atoms with E-state index in [1.165, 1.54) is 19.0 Å². The highest BCUT2D eigenvalue weighted by molar-refractivity contribution is 5.96. The number of unbranched alkanes of at least 4 members (excludes halogenated alkanes) is 1. The Labute approximate surface area is 102 Å². The maximum atomic E-state index is 11.1. The molecule has 5 heteroatoms. The quantitative estimate of drug-likeness (QED) is 0.759. The zero-order valence-corrected chi connectivity index (χ0v) is 10.6. The minimum atomic E-state index is -0.518. The minimum Gasteiger partial charge on any atom is -0.383 e. The first-order chi connectivity index (χ1) is 8.10. The van der Waals surface area contributed by atoms with E-state index >= 15 is 0 Å². The number of hydrogen-bond donors (Lipinski definition) is 2. The standard InChI is InChI=1S/C12H22N4O/c1-3-5-6-9(4-2)8-16-11(13)10(7-15-16)12(14)17/h7,9H,3-6,8,13H2,1-2H3,(H2,14,17). The first-order valence-corrected chi connectivity index (χ1v) is 6.21. The molecule has 0 aromatic carbocycles. The van der Waals surface area contributed by atoms with Gasteiger partial charge in [0.2, 0.25) is 0 Å². The summed E-state index contributed by atoms with van der Waals surface area (Å²) in [7, 11) is 0. The molecule has 96 valence electrons. The van der Waals surface area contributed by atoms with Gasteiger partial charge >= 0.3 is 0 Å². The molecule has 0 spiro atoms. The van der Waals surface area contributed by atoms with Crippen molar-refractivity contribution in [2.75, 3.05) is 5.73 Å². The van der Waals surface area contributed by atoms with Gasteiger partial charge in [0.05, 0.1) is 6.20 Å². The molecule has 0 saturated heterocycles. The van der Waals surface area contributed by atoms with Crippen LogP contribution in [0.25, 0.3) is 0 Å². The number of aromatic nitrogens is 2. The van der Waals surface area contributed by atoms with Crippen LogP contribution < -0.4 is 11.5 Å². The van der Waals surface area contributed by atoms with Crippen LogP contribution in [0.3, 0.4) is 0 Å². The molecular formula is C12H22N4O. The van der Waals surface area contributed by atoms with E-state index in [1.54, 1.807) is 4.68 Å². The highest BCUT2D eigenvalue weighted by atomic mass is 16.1. The molecule has 0 aliphatic carbocycles. The van der Waals surface area contributed by atoms with Crippen molar-refractivity contribution in [2.45, 2.75) is 46.1 Å². The summed E-state index contributed by atoms with van der Waals surface area (Å²) in [6, 6.07) is 0. The summed E-state index contributed by atoms with van der Waals surface area (Å²) in [6.45, 7) is 5.10. The molecule has 1 heterocycles. The molecule has 0 aliphatic heterocycles. The van der Waals surface area contributed by atoms with Crippen LogP contribution in [-0.4, -0.2) is 15.7 Å². The van der Waals surface area contributed by atoms with Gasteiger partial charge in [0, 0.05) is 6.54 Å². The Balaban J connectivity index is 2.69. The van der Waals surface area contributed by atoms with E-state index in [0.29, 0.717) is 17.3 Å². The van der Waals surface area contributed by atoms with E-state index in [-0.39, 0.29) is 0 Å². The Morgan fingerprint density at radius 3 is 2.71 bits per heavy atom. The van der Waals surface area contributed by atoms with Gasteiger partial charge in [-0.15, -0.1) is 0 Å². The van der Waals surface area contributed by atoms with Crippen molar-refractivity contribution in [3.63, 3.8) is 0 Å². The van der Waals surface area contributed by atoms with E-state index in [1.807, 2.05) is 0 Å². The number of carbonyl (C=O) groups excluding carboxylic acids is 1. The second-order valence-corrected chi connectivity index (χ2v) is 4.41. The number of nitrogen functional groups attached to an aromatic ring is 1. The molecule has 0 aliphatic rings. The zero-order chi connectivity index (χ0) is 12.8. The summed E-state index contributed by atoms with van der Waals surface area (Å²) in [5.41, 5.74) is 11.3. The predicted molar refractivity (Wildman–Crippen MR) is 68.5 cm³/mol. The van der Waals surface area contributed by atoms with Crippen molar-refractivity contribution in [1.82, 2.24) is 9.78 Å². The average molecular weight is 238 g/mol. The van der Waals surface area contributed by atoms with Crippen LogP contribution >= 0.6 is 0 Å². The molecule has 4 N–H and O–H groups in total. The Morgan fingerprint density at radius 2 is 2.24 bits per heavy atom. The van der Waals surface area contributed by atoms with Gasteiger partial charge in [-0.2, -0.15) is 5.10 Å². The van der Waals surface area contributed by atoms with Gasteiger partial charge in [-0.1, -0.05) is 33.1 Å². The molecule has 1 rings (SSSR count). The lowest BCUT2D eigenvalue weighted by molar-refractivity contribution is 0.100. The van der Waals surface area contributed by atoms with E-state index in [0.717, 1.165) is 19.4 Å². The van der Waals surface area contributed by atoms with E-state index in [9.17, 15) is 4.79 Å². The van der Waals surface area contributed by atoms with Crippen LogP contribution in [0.15, 0.2) is 6.20 Å². The maximum Gasteiger partial charge on any atom is 0.254 e. The van der Waals surface area contributed by atoms with Gasteiger partial charge in [0.15, 0.2) is 0 Å². The number of hydrogen-bond acceptors (Lipinski definition) is 3. The molecule has 1 aromatic heterocycles. The Kier molecular flexibility index (Phi) is 5.00. The first-order valence-electron chi connectivity index (χ1n) is 6.21. The third kappa shape index (κ3) is 3.47. The molecule has 5 nitrogen and oxygen atoms in total. The van der Waals surface area contributed by atoms with Crippen molar-refractivity contribution >= 4 is 11.7 Å². The smallest absolute Gasteiger partial charge is 0.254 e. The Hall–Kier alpha value is -1.52. The lowest BCUT2D eigenvalue weighted by atomic mass is 9.99. The minimum absolute atomic E-state index is 0.315. The lowest BCUT2D eigenvalue weighted by Gasteiger charge is -2.15. The first kappa shape index (κ1) is 13.5. The van der Waals surface area contributed by atoms with Gasteiger partial charge in [-0.05, 0) is 12.3 Å². The summed E-state index contributed by atoms with van der Waals surface area (Å²) in [5, 5.41) is 4.12. The second kappa shape index (κ2) is 6.27. The van der Waals surface area contributed by atoms with Gasteiger partial charge < -0.3 is 11.5 Å². The summed E-state index contributed by atoms with van der Waals surface area (Å²) >= 11 is 0. The fraction of sp³-hybridized carbons (Fsp3) is 0.667. The van der Waals surface area contributed by atoms with Crippen LogP contribution in [0.1, 0.15) is 49.9 Å². The number of rotatable bonds is 7. The average Bonchev–Trinajstić information content (AvgIpc) is 2.66. The molecule has 0 radical (unpaired) electrons. The molecular weight excluding hydrogens is 216 g/mol. The number of amides is 1. The van der Waals surface area contributed by atoms with Gasteiger partial charge in [0.25, 0.3) is 5.91 Å². The fourth-order valence-corrected chi connectivity index (χ4v) is 1.89. The number of carbonyl (C=O) groups is 1. The normalized spacial score (nSPS) is 12.6. The van der Waals surface area contributed by atoms with Crippen molar-refractivity contribution in [1.29, 1.82) is 0 Å². The number of nitrogens with two attached hydrogens (primary N) is 2. The van der Waals surface area contributed by atoms with E-state index in [2.05, 4.69) is 18.9 Å². The van der Waals surface area contributed by atoms with Gasteiger partial charge in [0.1, 0.15) is 11.4 Å². The van der Waals surface area contributed by atoms with Crippen LogP contribution in [-0.2, 0) is 6.54 Å². The van der Waals surface area contributed by atoms with Crippen LogP contribution in [0.4, 0.5) is 5.82 Å². The van der Waals surface area contributed by atoms with Crippen molar-refractivity contribution in [2.24, 2.45) is 11.7 Å². The predicted octanol–water partition coefficient (Wildman–Crippen LogP) is 1.78. The summed E-state index contributed by atoms with van der Waals surface area (Å²) in [4.78, 5) is 11.1. The molecule has 1 amide bonds. The van der Waals surface area contributed by atoms with Gasteiger partial charge in [-0.3, -0.25) is 4.79 Å². The highest BCUT2D eigenvalue weighted by Gasteiger charge is 2.14. The maximum absolute atomic E-state index is 11.1.